The van der Waals surface area contributed by atoms with Crippen molar-refractivity contribution in [2.75, 3.05) is 6.26 Å². The third-order valence-electron chi connectivity index (χ3n) is 2.97. The summed E-state index contributed by atoms with van der Waals surface area (Å²) in [4.78, 5) is 13.3. The molecule has 2 atom stereocenters. The summed E-state index contributed by atoms with van der Waals surface area (Å²) in [7, 11) is 0. The fourth-order valence-electron chi connectivity index (χ4n) is 1.79. The van der Waals surface area contributed by atoms with E-state index in [1.807, 2.05) is 42.8 Å². The number of carbonyl (C=O) groups excluding carboxylic acids is 1. The topological polar surface area (TPSA) is 29.1 Å². The summed E-state index contributed by atoms with van der Waals surface area (Å²) < 4.78 is 0. The predicted molar refractivity (Wildman–Crippen MR) is 83.7 cm³/mol. The molecule has 0 unspecified atom stereocenters. The smallest absolute Gasteiger partial charge is 0.233 e. The molecule has 1 heterocycles. The van der Waals surface area contributed by atoms with Gasteiger partial charge in [0.05, 0.1) is 11.3 Å². The summed E-state index contributed by atoms with van der Waals surface area (Å²) in [6.07, 6.45) is 1.95. The Morgan fingerprint density at radius 1 is 1.21 bits per heavy atom. The van der Waals surface area contributed by atoms with E-state index in [0.29, 0.717) is 0 Å². The quantitative estimate of drug-likeness (QED) is 0.910. The highest BCUT2D eigenvalue weighted by atomic mass is 32.2. The molecule has 0 bridgehead atoms. The standard InChI is InChI=1S/C15H17NOS2/c1-11(18-2)15(17)16-14(13-9-6-10-19-13)12-7-4-3-5-8-12/h3-11,14H,1-2H3,(H,16,17)/t11-,14-/m1/s1. The Balaban J connectivity index is 2.24. The van der Waals surface area contributed by atoms with E-state index in [9.17, 15) is 4.79 Å². The van der Waals surface area contributed by atoms with E-state index >= 15 is 0 Å². The first-order chi connectivity index (χ1) is 9.22. The molecule has 0 saturated carbocycles. The molecule has 0 radical (unpaired) electrons. The maximum atomic E-state index is 12.1. The van der Waals surface area contributed by atoms with Gasteiger partial charge in [-0.3, -0.25) is 4.79 Å². The summed E-state index contributed by atoms with van der Waals surface area (Å²) >= 11 is 3.22. The number of amides is 1. The molecule has 2 nitrogen and oxygen atoms in total. The van der Waals surface area contributed by atoms with E-state index in [2.05, 4.69) is 23.5 Å². The van der Waals surface area contributed by atoms with Gasteiger partial charge in [-0.1, -0.05) is 36.4 Å². The number of thiophene rings is 1. The van der Waals surface area contributed by atoms with Crippen LogP contribution in [0.25, 0.3) is 0 Å². The van der Waals surface area contributed by atoms with Crippen molar-refractivity contribution >= 4 is 29.0 Å². The monoisotopic (exact) mass is 291 g/mol. The minimum atomic E-state index is -0.0525. The molecule has 2 aromatic rings. The van der Waals surface area contributed by atoms with Gasteiger partial charge in [0.1, 0.15) is 0 Å². The molecule has 1 N–H and O–H groups in total. The van der Waals surface area contributed by atoms with Gasteiger partial charge >= 0.3 is 0 Å². The molecule has 0 fully saturated rings. The second-order valence-electron chi connectivity index (χ2n) is 4.25. The van der Waals surface area contributed by atoms with Crippen LogP contribution < -0.4 is 5.32 Å². The van der Waals surface area contributed by atoms with Gasteiger partial charge in [0.25, 0.3) is 0 Å². The van der Waals surface area contributed by atoms with E-state index in [1.54, 1.807) is 23.1 Å². The first kappa shape index (κ1) is 14.2. The minimum absolute atomic E-state index is 0.0359. The molecule has 4 heteroatoms. The lowest BCUT2D eigenvalue weighted by Crippen LogP contribution is -2.34. The number of thioether (sulfide) groups is 1. The molecular weight excluding hydrogens is 274 g/mol. The number of benzene rings is 1. The number of nitrogens with one attached hydrogen (secondary N) is 1. The normalized spacial score (nSPS) is 13.8. The van der Waals surface area contributed by atoms with Gasteiger partial charge in [0, 0.05) is 4.88 Å². The van der Waals surface area contributed by atoms with Crippen molar-refractivity contribution in [1.82, 2.24) is 5.32 Å². The van der Waals surface area contributed by atoms with Crippen molar-refractivity contribution in [2.24, 2.45) is 0 Å². The summed E-state index contributed by atoms with van der Waals surface area (Å²) in [5.74, 6) is 0.0785. The van der Waals surface area contributed by atoms with Crippen LogP contribution in [0.2, 0.25) is 0 Å². The average Bonchev–Trinajstić information content (AvgIpc) is 2.98. The Morgan fingerprint density at radius 3 is 2.53 bits per heavy atom. The second kappa shape index (κ2) is 6.78. The van der Waals surface area contributed by atoms with Gasteiger partial charge in [-0.05, 0) is 30.2 Å². The Bertz CT molecular complexity index is 510. The van der Waals surface area contributed by atoms with Crippen LogP contribution in [-0.2, 0) is 4.79 Å². The fraction of sp³-hybridized carbons (Fsp3) is 0.267. The largest absolute Gasteiger partial charge is 0.343 e. The van der Waals surface area contributed by atoms with E-state index in [-0.39, 0.29) is 17.2 Å². The highest BCUT2D eigenvalue weighted by molar-refractivity contribution is 7.99. The highest BCUT2D eigenvalue weighted by Gasteiger charge is 2.20. The van der Waals surface area contributed by atoms with Crippen LogP contribution in [0.3, 0.4) is 0 Å². The van der Waals surface area contributed by atoms with Crippen LogP contribution in [-0.4, -0.2) is 17.4 Å². The number of rotatable bonds is 5. The molecule has 0 aliphatic rings. The summed E-state index contributed by atoms with van der Waals surface area (Å²) in [6.45, 7) is 1.93. The Labute approximate surface area is 122 Å². The summed E-state index contributed by atoms with van der Waals surface area (Å²) in [5.41, 5.74) is 1.12. The molecule has 0 spiro atoms. The van der Waals surface area contributed by atoms with Gasteiger partial charge in [-0.25, -0.2) is 0 Å². The SMILES string of the molecule is CS[C@H](C)C(=O)N[C@H](c1ccccc1)c1cccs1. The van der Waals surface area contributed by atoms with Gasteiger partial charge < -0.3 is 5.32 Å². The lowest BCUT2D eigenvalue weighted by molar-refractivity contribution is -0.120. The molecule has 0 aliphatic carbocycles. The molecule has 0 aliphatic heterocycles. The molecule has 2 rings (SSSR count). The van der Waals surface area contributed by atoms with Crippen LogP contribution >= 0.6 is 23.1 Å². The van der Waals surface area contributed by atoms with Crippen molar-refractivity contribution in [2.45, 2.75) is 18.2 Å². The molecule has 1 aromatic heterocycles. The highest BCUT2D eigenvalue weighted by Crippen LogP contribution is 2.26. The van der Waals surface area contributed by atoms with Crippen molar-refractivity contribution in [3.8, 4) is 0 Å². The predicted octanol–water partition coefficient (Wildman–Crippen LogP) is 3.71. The zero-order valence-electron chi connectivity index (χ0n) is 11.0. The average molecular weight is 291 g/mol. The second-order valence-corrected chi connectivity index (χ2v) is 6.40. The van der Waals surface area contributed by atoms with E-state index in [4.69, 9.17) is 0 Å². The number of carbonyl (C=O) groups is 1. The van der Waals surface area contributed by atoms with Crippen LogP contribution in [0.4, 0.5) is 0 Å². The van der Waals surface area contributed by atoms with Crippen molar-refractivity contribution in [3.05, 3.63) is 58.3 Å². The Morgan fingerprint density at radius 2 is 1.95 bits per heavy atom. The van der Waals surface area contributed by atoms with Crippen molar-refractivity contribution in [3.63, 3.8) is 0 Å². The third kappa shape index (κ3) is 3.61. The lowest BCUT2D eigenvalue weighted by Gasteiger charge is -2.20. The van der Waals surface area contributed by atoms with Gasteiger partial charge in [0.15, 0.2) is 0 Å². The van der Waals surface area contributed by atoms with Crippen molar-refractivity contribution < 1.29 is 4.79 Å². The zero-order valence-corrected chi connectivity index (χ0v) is 12.6. The maximum Gasteiger partial charge on any atom is 0.233 e. The lowest BCUT2D eigenvalue weighted by atomic mass is 10.1. The van der Waals surface area contributed by atoms with E-state index in [1.165, 1.54) is 0 Å². The van der Waals surface area contributed by atoms with Gasteiger partial charge in [-0.15, -0.1) is 11.3 Å². The number of hydrogen-bond donors (Lipinski definition) is 1. The fourth-order valence-corrected chi connectivity index (χ4v) is 2.87. The number of hydrogen-bond acceptors (Lipinski definition) is 3. The zero-order chi connectivity index (χ0) is 13.7. The van der Waals surface area contributed by atoms with Crippen LogP contribution in [0.1, 0.15) is 23.4 Å². The molecule has 100 valence electrons. The molecule has 0 saturated heterocycles. The first-order valence-electron chi connectivity index (χ1n) is 6.14. The van der Waals surface area contributed by atoms with Crippen LogP contribution in [0.15, 0.2) is 47.8 Å². The minimum Gasteiger partial charge on any atom is -0.343 e. The third-order valence-corrected chi connectivity index (χ3v) is 4.83. The Kier molecular flexibility index (Phi) is 5.05. The Hall–Kier alpha value is -1.26. The molecular formula is C15H17NOS2. The molecule has 1 amide bonds. The van der Waals surface area contributed by atoms with Crippen LogP contribution in [0, 0.1) is 0 Å². The van der Waals surface area contributed by atoms with E-state index < -0.39 is 0 Å². The summed E-state index contributed by atoms with van der Waals surface area (Å²) in [6, 6.07) is 14.1. The van der Waals surface area contributed by atoms with Crippen LogP contribution in [0.5, 0.6) is 0 Å². The molecule has 1 aromatic carbocycles. The van der Waals surface area contributed by atoms with Gasteiger partial charge in [0.2, 0.25) is 5.91 Å². The van der Waals surface area contributed by atoms with Gasteiger partial charge in [-0.2, -0.15) is 11.8 Å². The first-order valence-corrected chi connectivity index (χ1v) is 8.30. The van der Waals surface area contributed by atoms with Crippen molar-refractivity contribution in [1.29, 1.82) is 0 Å². The van der Waals surface area contributed by atoms with E-state index in [0.717, 1.165) is 10.4 Å². The molecule has 19 heavy (non-hydrogen) atoms. The maximum absolute atomic E-state index is 12.1. The summed E-state index contributed by atoms with van der Waals surface area (Å²) in [5, 5.41) is 5.14.